The minimum atomic E-state index is -0.669. The summed E-state index contributed by atoms with van der Waals surface area (Å²) in [4.78, 5) is 25.4. The van der Waals surface area contributed by atoms with E-state index < -0.39 is 11.5 Å². The highest BCUT2D eigenvalue weighted by Crippen LogP contribution is 2.13. The molecule has 0 saturated heterocycles. The molecular weight excluding hydrogens is 332 g/mol. The van der Waals surface area contributed by atoms with Crippen molar-refractivity contribution in [3.05, 3.63) is 87.8 Å². The van der Waals surface area contributed by atoms with Crippen LogP contribution in [-0.2, 0) is 17.9 Å². The Bertz CT molecular complexity index is 943. The van der Waals surface area contributed by atoms with Crippen LogP contribution in [0, 0.1) is 6.92 Å². The average molecular weight is 352 g/mol. The van der Waals surface area contributed by atoms with Crippen LogP contribution in [0.1, 0.15) is 21.6 Å². The van der Waals surface area contributed by atoms with Crippen molar-refractivity contribution in [3.8, 4) is 5.69 Å². The number of carbonyl (C=O) groups excluding carboxylic acids is 1. The molecule has 26 heavy (non-hydrogen) atoms. The van der Waals surface area contributed by atoms with Gasteiger partial charge in [-0.25, -0.2) is 9.48 Å². The Balaban J connectivity index is 1.97. The van der Waals surface area contributed by atoms with Crippen molar-refractivity contribution in [2.24, 2.45) is 0 Å². The predicted octanol–water partition coefficient (Wildman–Crippen LogP) is 2.30. The molecule has 0 amide bonds. The van der Waals surface area contributed by atoms with Gasteiger partial charge in [-0.2, -0.15) is 0 Å². The van der Waals surface area contributed by atoms with E-state index in [-0.39, 0.29) is 25.3 Å². The van der Waals surface area contributed by atoms with Crippen LogP contribution in [-0.4, -0.2) is 27.0 Å². The summed E-state index contributed by atoms with van der Waals surface area (Å²) in [5.41, 5.74) is 1.46. The molecule has 3 aromatic rings. The fourth-order valence-electron chi connectivity index (χ4n) is 2.87. The Morgan fingerprint density at radius 2 is 1.65 bits per heavy atom. The van der Waals surface area contributed by atoms with Crippen molar-refractivity contribution >= 4 is 5.97 Å². The SMILES string of the molecule is Cc1c(C(=O)OCc2ccccc2)c(=O)n(-c2ccccc2)n1CCO. The molecule has 134 valence electrons. The molecule has 1 N–H and O–H groups in total. The van der Waals surface area contributed by atoms with Crippen molar-refractivity contribution in [1.82, 2.24) is 9.36 Å². The van der Waals surface area contributed by atoms with E-state index >= 15 is 0 Å². The summed E-state index contributed by atoms with van der Waals surface area (Å²) < 4.78 is 8.32. The number of aromatic nitrogens is 2. The monoisotopic (exact) mass is 352 g/mol. The van der Waals surface area contributed by atoms with E-state index in [2.05, 4.69) is 0 Å². The van der Waals surface area contributed by atoms with Gasteiger partial charge in [0, 0.05) is 0 Å². The van der Waals surface area contributed by atoms with Gasteiger partial charge in [-0.1, -0.05) is 48.5 Å². The molecular formula is C20H20N2O4. The highest BCUT2D eigenvalue weighted by atomic mass is 16.5. The maximum atomic E-state index is 12.9. The third-order valence-electron chi connectivity index (χ3n) is 4.13. The number of rotatable bonds is 6. The topological polar surface area (TPSA) is 73.5 Å². The predicted molar refractivity (Wildman–Crippen MR) is 97.4 cm³/mol. The third-order valence-corrected chi connectivity index (χ3v) is 4.13. The first-order valence-electron chi connectivity index (χ1n) is 8.33. The zero-order valence-electron chi connectivity index (χ0n) is 14.5. The summed E-state index contributed by atoms with van der Waals surface area (Å²) >= 11 is 0. The van der Waals surface area contributed by atoms with Gasteiger partial charge in [0.1, 0.15) is 12.2 Å². The van der Waals surface area contributed by atoms with Gasteiger partial charge in [0.2, 0.25) is 0 Å². The Morgan fingerprint density at radius 3 is 2.27 bits per heavy atom. The largest absolute Gasteiger partial charge is 0.457 e. The number of para-hydroxylation sites is 1. The number of hydrogen-bond acceptors (Lipinski definition) is 4. The van der Waals surface area contributed by atoms with Crippen LogP contribution < -0.4 is 5.56 Å². The first-order chi connectivity index (χ1) is 12.6. The van der Waals surface area contributed by atoms with Crippen LogP contribution in [0.2, 0.25) is 0 Å². The number of nitrogens with zero attached hydrogens (tertiary/aromatic N) is 2. The fourth-order valence-corrected chi connectivity index (χ4v) is 2.87. The van der Waals surface area contributed by atoms with Crippen LogP contribution in [0.3, 0.4) is 0 Å². The maximum absolute atomic E-state index is 12.9. The highest BCUT2D eigenvalue weighted by molar-refractivity contribution is 5.90. The molecule has 0 radical (unpaired) electrons. The van der Waals surface area contributed by atoms with Gasteiger partial charge in [0.15, 0.2) is 0 Å². The lowest BCUT2D eigenvalue weighted by molar-refractivity contribution is 0.0470. The summed E-state index contributed by atoms with van der Waals surface area (Å²) in [6.45, 7) is 1.81. The third kappa shape index (κ3) is 3.45. The fraction of sp³-hybridized carbons (Fsp3) is 0.200. The standard InChI is InChI=1S/C20H20N2O4/c1-15-18(20(25)26-14-16-8-4-2-5-9-16)19(24)22(21(15)12-13-23)17-10-6-3-7-11-17/h2-11,23H,12-14H2,1H3. The average Bonchev–Trinajstić information content (AvgIpc) is 2.92. The van der Waals surface area contributed by atoms with E-state index in [4.69, 9.17) is 4.74 Å². The lowest BCUT2D eigenvalue weighted by Crippen LogP contribution is -2.25. The van der Waals surface area contributed by atoms with E-state index in [0.29, 0.717) is 11.4 Å². The lowest BCUT2D eigenvalue weighted by atomic mass is 10.2. The zero-order chi connectivity index (χ0) is 18.5. The van der Waals surface area contributed by atoms with Crippen molar-refractivity contribution in [2.75, 3.05) is 6.61 Å². The van der Waals surface area contributed by atoms with Gasteiger partial charge in [0.25, 0.3) is 5.56 Å². The molecule has 3 rings (SSSR count). The first kappa shape index (κ1) is 17.7. The first-order valence-corrected chi connectivity index (χ1v) is 8.33. The minimum Gasteiger partial charge on any atom is -0.457 e. The molecule has 0 aliphatic heterocycles. The number of hydrogen-bond donors (Lipinski definition) is 1. The second kappa shape index (κ2) is 7.84. The molecule has 6 heteroatoms. The number of ether oxygens (including phenoxy) is 1. The van der Waals surface area contributed by atoms with Crippen LogP contribution in [0.25, 0.3) is 5.69 Å². The minimum absolute atomic E-state index is 0.0155. The van der Waals surface area contributed by atoms with Gasteiger partial charge < -0.3 is 9.84 Å². The van der Waals surface area contributed by atoms with Crippen LogP contribution in [0.5, 0.6) is 0 Å². The summed E-state index contributed by atoms with van der Waals surface area (Å²) in [6.07, 6.45) is 0. The molecule has 0 atom stereocenters. The van der Waals surface area contributed by atoms with E-state index in [1.165, 1.54) is 4.68 Å². The number of aliphatic hydroxyl groups excluding tert-OH is 1. The number of carbonyl (C=O) groups is 1. The van der Waals surface area contributed by atoms with Crippen LogP contribution in [0.4, 0.5) is 0 Å². The molecule has 0 unspecified atom stereocenters. The Labute approximate surface area is 150 Å². The van der Waals surface area contributed by atoms with Gasteiger partial charge in [-0.15, -0.1) is 0 Å². The molecule has 0 aliphatic rings. The Morgan fingerprint density at radius 1 is 1.04 bits per heavy atom. The molecule has 1 aromatic heterocycles. The lowest BCUT2D eigenvalue weighted by Gasteiger charge is -2.12. The summed E-state index contributed by atoms with van der Waals surface area (Å²) in [7, 11) is 0. The van der Waals surface area contributed by atoms with E-state index in [9.17, 15) is 14.7 Å². The number of benzene rings is 2. The smallest absolute Gasteiger partial charge is 0.346 e. The molecule has 0 spiro atoms. The molecule has 1 heterocycles. The Kier molecular flexibility index (Phi) is 5.34. The van der Waals surface area contributed by atoms with Crippen molar-refractivity contribution in [2.45, 2.75) is 20.1 Å². The second-order valence-electron chi connectivity index (χ2n) is 5.82. The molecule has 0 fully saturated rings. The van der Waals surface area contributed by atoms with Crippen LogP contribution in [0.15, 0.2) is 65.5 Å². The normalized spacial score (nSPS) is 10.7. The van der Waals surface area contributed by atoms with Crippen molar-refractivity contribution in [1.29, 1.82) is 0 Å². The van der Waals surface area contributed by atoms with E-state index in [1.54, 1.807) is 35.9 Å². The van der Waals surface area contributed by atoms with Gasteiger partial charge in [-0.3, -0.25) is 9.48 Å². The second-order valence-corrected chi connectivity index (χ2v) is 5.82. The Hall–Kier alpha value is -3.12. The zero-order valence-corrected chi connectivity index (χ0v) is 14.5. The van der Waals surface area contributed by atoms with E-state index in [1.807, 2.05) is 36.4 Å². The van der Waals surface area contributed by atoms with Gasteiger partial charge >= 0.3 is 5.97 Å². The van der Waals surface area contributed by atoms with Gasteiger partial charge in [0.05, 0.1) is 24.5 Å². The summed E-state index contributed by atoms with van der Waals surface area (Å²) in [6, 6.07) is 18.3. The number of aliphatic hydroxyl groups is 1. The molecule has 0 saturated carbocycles. The molecule has 0 bridgehead atoms. The molecule has 2 aromatic carbocycles. The highest BCUT2D eigenvalue weighted by Gasteiger charge is 2.24. The molecule has 6 nitrogen and oxygen atoms in total. The van der Waals surface area contributed by atoms with Crippen molar-refractivity contribution < 1.29 is 14.6 Å². The quantitative estimate of drug-likeness (QED) is 0.691. The van der Waals surface area contributed by atoms with Crippen LogP contribution >= 0.6 is 0 Å². The maximum Gasteiger partial charge on any atom is 0.346 e. The molecule has 0 aliphatic carbocycles. The van der Waals surface area contributed by atoms with Gasteiger partial charge in [-0.05, 0) is 24.6 Å². The summed E-state index contributed by atoms with van der Waals surface area (Å²) in [5, 5.41) is 9.35. The summed E-state index contributed by atoms with van der Waals surface area (Å²) in [5.74, 6) is -0.669. The van der Waals surface area contributed by atoms with Crippen molar-refractivity contribution in [3.63, 3.8) is 0 Å². The van der Waals surface area contributed by atoms with E-state index in [0.717, 1.165) is 5.56 Å². The number of esters is 1.